The van der Waals surface area contributed by atoms with E-state index in [0.29, 0.717) is 0 Å². The Kier molecular flexibility index (Phi) is 2000. The molecule has 0 bridgehead atoms. The largest absolute Gasteiger partial charge is 2.00 e. The van der Waals surface area contributed by atoms with Crippen LogP contribution in [0.25, 0.3) is 0 Å². The van der Waals surface area contributed by atoms with Crippen molar-refractivity contribution in [1.29, 1.82) is 0 Å². The molecule has 0 atom stereocenters. The third kappa shape index (κ3) is 48.9. The first kappa shape index (κ1) is 139. The molecule has 0 fully saturated rings. The van der Waals surface area contributed by atoms with Crippen LogP contribution in [0.15, 0.2) is 0 Å². The maximum atomic E-state index is 0. The van der Waals surface area contributed by atoms with Gasteiger partial charge in [-0.15, -0.1) is 0 Å². The van der Waals surface area contributed by atoms with E-state index in [-0.39, 0.29) is 69.4 Å². The number of rotatable bonds is 0. The Bertz CT molecular complexity index is 8.75. The molecule has 0 aromatic heterocycles. The van der Waals surface area contributed by atoms with Crippen LogP contribution in [0.2, 0.25) is 0 Å². The minimum absolute atomic E-state index is 0. The van der Waals surface area contributed by atoms with Gasteiger partial charge in [0.15, 0.2) is 0 Å². The SMILES string of the molecule is [Fe+2].[Fe+2].[Li+].[O-2].[O-2].[OH-]. The van der Waals surface area contributed by atoms with Crippen LogP contribution in [0, 0.1) is 0 Å². The van der Waals surface area contributed by atoms with Crippen molar-refractivity contribution >= 4 is 0 Å². The van der Waals surface area contributed by atoms with Gasteiger partial charge < -0.3 is 16.4 Å². The summed E-state index contributed by atoms with van der Waals surface area (Å²) in [5.41, 5.74) is 0. The van der Waals surface area contributed by atoms with Crippen molar-refractivity contribution in [2.75, 3.05) is 0 Å². The standard InChI is InChI=1S/2Fe.Li.H2O.2O/h;;;1H2;;/q2*+2;+1;;2*-2/p-1. The van der Waals surface area contributed by atoms with E-state index >= 15 is 0 Å². The minimum atomic E-state index is 0. The Labute approximate surface area is 69.3 Å². The van der Waals surface area contributed by atoms with Gasteiger partial charge in [-0.2, -0.15) is 0 Å². The third-order valence-electron chi connectivity index (χ3n) is 0. The van der Waals surface area contributed by atoms with E-state index in [1.165, 1.54) is 0 Å². The molecule has 0 saturated carbocycles. The molecular formula is HFe2LiO3. The van der Waals surface area contributed by atoms with Crippen LogP contribution < -0.4 is 18.9 Å². The van der Waals surface area contributed by atoms with Gasteiger partial charge >= 0.3 is 53.0 Å². The molecule has 0 radical (unpaired) electrons. The van der Waals surface area contributed by atoms with Gasteiger partial charge in [-0.1, -0.05) is 0 Å². The van der Waals surface area contributed by atoms with Gasteiger partial charge in [-0.05, 0) is 0 Å². The number of hydrogen-bond donors (Lipinski definition) is 0. The van der Waals surface area contributed by atoms with Gasteiger partial charge in [0, 0.05) is 0 Å². The smallest absolute Gasteiger partial charge is 2.00 e. The van der Waals surface area contributed by atoms with Crippen LogP contribution in [-0.2, 0) is 45.1 Å². The Morgan fingerprint density at radius 1 is 0.667 bits per heavy atom. The van der Waals surface area contributed by atoms with Gasteiger partial charge in [-0.25, -0.2) is 0 Å². The molecule has 0 aromatic carbocycles. The van der Waals surface area contributed by atoms with Gasteiger partial charge in [-0.3, -0.25) is 0 Å². The van der Waals surface area contributed by atoms with Crippen molar-refractivity contribution < 1.29 is 69.4 Å². The van der Waals surface area contributed by atoms with E-state index in [1.54, 1.807) is 0 Å². The van der Waals surface area contributed by atoms with Gasteiger partial charge in [0.1, 0.15) is 0 Å². The van der Waals surface area contributed by atoms with Crippen molar-refractivity contribution in [2.45, 2.75) is 0 Å². The van der Waals surface area contributed by atoms with Crippen LogP contribution in [0.5, 0.6) is 0 Å². The average Bonchev–Trinajstić information content (AvgIpc) is 0. The topological polar surface area (TPSA) is 87.0 Å². The van der Waals surface area contributed by atoms with Crippen LogP contribution in [0.1, 0.15) is 0 Å². The van der Waals surface area contributed by atoms with Crippen molar-refractivity contribution in [1.82, 2.24) is 0 Å². The van der Waals surface area contributed by atoms with E-state index in [0.717, 1.165) is 0 Å². The zero-order valence-corrected chi connectivity index (χ0v) is 5.18. The molecule has 0 aliphatic carbocycles. The van der Waals surface area contributed by atoms with E-state index < -0.39 is 0 Å². The first-order chi connectivity index (χ1) is 0. The van der Waals surface area contributed by atoms with E-state index in [9.17, 15) is 0 Å². The summed E-state index contributed by atoms with van der Waals surface area (Å²) < 4.78 is 0. The predicted octanol–water partition coefficient (Wildman–Crippen LogP) is -3.42. The molecule has 0 spiro atoms. The quantitative estimate of drug-likeness (QED) is 0.346. The normalized spacial score (nSPS) is 0. The Morgan fingerprint density at radius 3 is 0.667 bits per heavy atom. The fourth-order valence-electron chi connectivity index (χ4n) is 0. The van der Waals surface area contributed by atoms with Crippen LogP contribution in [-0.4, -0.2) is 5.48 Å². The summed E-state index contributed by atoms with van der Waals surface area (Å²) in [5, 5.41) is 0. The molecule has 36 valence electrons. The second-order valence-electron chi connectivity index (χ2n) is 0. The molecule has 0 aliphatic rings. The maximum absolute atomic E-state index is 0. The van der Waals surface area contributed by atoms with Gasteiger partial charge in [0.05, 0.1) is 0 Å². The molecule has 0 saturated heterocycles. The molecule has 1 N–H and O–H groups in total. The summed E-state index contributed by atoms with van der Waals surface area (Å²) in [6.45, 7) is 0. The van der Waals surface area contributed by atoms with Crippen LogP contribution in [0.3, 0.4) is 0 Å². The molecule has 0 unspecified atom stereocenters. The van der Waals surface area contributed by atoms with Crippen molar-refractivity contribution in [3.05, 3.63) is 0 Å². The van der Waals surface area contributed by atoms with E-state index in [4.69, 9.17) is 0 Å². The molecule has 3 nitrogen and oxygen atoms in total. The summed E-state index contributed by atoms with van der Waals surface area (Å²) in [6.07, 6.45) is 0. The fraction of sp³-hybridized carbons (Fsp3) is 0. The predicted molar refractivity (Wildman–Crippen MR) is 3.31 cm³/mol. The number of hydrogen-bond acceptors (Lipinski definition) is 1. The fourth-order valence-corrected chi connectivity index (χ4v) is 0. The van der Waals surface area contributed by atoms with Crippen molar-refractivity contribution in [3.63, 3.8) is 0 Å². The second-order valence-corrected chi connectivity index (χ2v) is 0. The molecule has 0 aromatic rings. The van der Waals surface area contributed by atoms with Crippen LogP contribution in [0.4, 0.5) is 0 Å². The summed E-state index contributed by atoms with van der Waals surface area (Å²) in [5.74, 6) is 0. The van der Waals surface area contributed by atoms with Gasteiger partial charge in [0.2, 0.25) is 0 Å². The van der Waals surface area contributed by atoms with Crippen LogP contribution >= 0.6 is 0 Å². The zero-order chi connectivity index (χ0) is 0. The zero-order valence-electron chi connectivity index (χ0n) is 2.97. The summed E-state index contributed by atoms with van der Waals surface area (Å²) >= 11 is 0. The summed E-state index contributed by atoms with van der Waals surface area (Å²) in [7, 11) is 0. The minimum Gasteiger partial charge on any atom is -2.00 e. The Morgan fingerprint density at radius 2 is 0.667 bits per heavy atom. The average molecular weight is 168 g/mol. The molecule has 0 aliphatic heterocycles. The Balaban J connectivity index is 0. The molecule has 0 rings (SSSR count). The summed E-state index contributed by atoms with van der Waals surface area (Å²) in [4.78, 5) is 0. The first-order valence-electron chi connectivity index (χ1n) is 0. The molecule has 6 heteroatoms. The van der Waals surface area contributed by atoms with E-state index in [1.807, 2.05) is 0 Å². The summed E-state index contributed by atoms with van der Waals surface area (Å²) in [6, 6.07) is 0. The van der Waals surface area contributed by atoms with Crippen molar-refractivity contribution in [2.24, 2.45) is 0 Å². The third-order valence-corrected chi connectivity index (χ3v) is 0. The molecule has 6 heavy (non-hydrogen) atoms. The molecular weight excluding hydrogens is 167 g/mol. The second kappa shape index (κ2) is 86.2. The Hall–Kier alpha value is 1.52. The molecule has 0 heterocycles. The van der Waals surface area contributed by atoms with Gasteiger partial charge in [0.25, 0.3) is 0 Å². The first-order valence-corrected chi connectivity index (χ1v) is 0. The molecule has 0 amide bonds. The maximum Gasteiger partial charge on any atom is 2.00 e. The monoisotopic (exact) mass is 168 g/mol. The van der Waals surface area contributed by atoms with E-state index in [2.05, 4.69) is 0 Å². The van der Waals surface area contributed by atoms with Crippen molar-refractivity contribution in [3.8, 4) is 0 Å².